The van der Waals surface area contributed by atoms with Gasteiger partial charge in [0.1, 0.15) is 5.75 Å². The quantitative estimate of drug-likeness (QED) is 0.500. The Bertz CT molecular complexity index is 397. The molecule has 0 bridgehead atoms. The molecule has 0 spiro atoms. The van der Waals surface area contributed by atoms with Crippen molar-refractivity contribution in [1.82, 2.24) is 0 Å². The molecule has 14 heavy (non-hydrogen) atoms. The van der Waals surface area contributed by atoms with E-state index in [1.807, 2.05) is 6.07 Å². The third-order valence-electron chi connectivity index (χ3n) is 1.57. The minimum atomic E-state index is 0.185. The Balaban J connectivity index is 2.81. The first-order chi connectivity index (χ1) is 6.75. The fraction of sp³-hybridized carbons (Fsp3) is 0.111. The highest BCUT2D eigenvalue weighted by molar-refractivity contribution is 9.10. The van der Waals surface area contributed by atoms with Crippen molar-refractivity contribution < 1.29 is 5.11 Å². The zero-order chi connectivity index (χ0) is 10.4. The van der Waals surface area contributed by atoms with Crippen LogP contribution in [0.1, 0.15) is 5.56 Å². The van der Waals surface area contributed by atoms with Crippen LogP contribution in [0.2, 0.25) is 0 Å². The van der Waals surface area contributed by atoms with Gasteiger partial charge in [0.05, 0.1) is 4.47 Å². The normalized spacial score (nSPS) is 10.1. The molecule has 0 aliphatic heterocycles. The fourth-order valence-electron chi connectivity index (χ4n) is 0.930. The van der Waals surface area contributed by atoms with Gasteiger partial charge in [-0.1, -0.05) is 29.4 Å². The monoisotopic (exact) mass is 253 g/mol. The van der Waals surface area contributed by atoms with Gasteiger partial charge in [-0.15, -0.1) is 0 Å². The molecule has 0 fully saturated rings. The third kappa shape index (κ3) is 2.80. The summed E-state index contributed by atoms with van der Waals surface area (Å²) in [7, 11) is 0. The second-order valence-corrected chi connectivity index (χ2v) is 3.35. The number of aromatic hydroxyl groups is 1. The van der Waals surface area contributed by atoms with Crippen molar-refractivity contribution in [1.29, 1.82) is 0 Å². The smallest absolute Gasteiger partial charge is 0.136 e. The molecule has 1 aromatic carbocycles. The number of halogens is 1. The van der Waals surface area contributed by atoms with Crippen molar-refractivity contribution in [3.05, 3.63) is 44.8 Å². The third-order valence-corrected chi connectivity index (χ3v) is 2.21. The predicted octanol–water partition coefficient (Wildman–Crippen LogP) is 3.48. The van der Waals surface area contributed by atoms with E-state index in [2.05, 4.69) is 26.0 Å². The summed E-state index contributed by atoms with van der Waals surface area (Å²) < 4.78 is 0.642. The molecule has 5 heteroatoms. The number of phenolic OH excluding ortho intramolecular Hbond substituents is 1. The van der Waals surface area contributed by atoms with Crippen molar-refractivity contribution in [3.63, 3.8) is 0 Å². The van der Waals surface area contributed by atoms with Gasteiger partial charge in [-0.05, 0) is 27.5 Å². The summed E-state index contributed by atoms with van der Waals surface area (Å²) in [5.74, 6) is 0.185. The van der Waals surface area contributed by atoms with Gasteiger partial charge in [-0.25, -0.2) is 0 Å². The van der Waals surface area contributed by atoms with E-state index in [-0.39, 0.29) is 12.3 Å². The summed E-state index contributed by atoms with van der Waals surface area (Å²) in [6.07, 6.45) is 3.38. The summed E-state index contributed by atoms with van der Waals surface area (Å²) in [4.78, 5) is 2.61. The van der Waals surface area contributed by atoms with E-state index in [1.54, 1.807) is 24.3 Å². The van der Waals surface area contributed by atoms with Gasteiger partial charge in [0.2, 0.25) is 0 Å². The van der Waals surface area contributed by atoms with Crippen LogP contribution in [0.15, 0.2) is 33.9 Å². The van der Waals surface area contributed by atoms with Crippen molar-refractivity contribution in [2.24, 2.45) is 5.11 Å². The molecule has 0 unspecified atom stereocenters. The van der Waals surface area contributed by atoms with Crippen LogP contribution < -0.4 is 0 Å². The molecule has 0 amide bonds. The van der Waals surface area contributed by atoms with Crippen LogP contribution >= 0.6 is 15.9 Å². The maximum atomic E-state index is 9.55. The topological polar surface area (TPSA) is 69.0 Å². The lowest BCUT2D eigenvalue weighted by molar-refractivity contribution is 0.470. The first kappa shape index (κ1) is 10.6. The van der Waals surface area contributed by atoms with Gasteiger partial charge < -0.3 is 5.11 Å². The lowest BCUT2D eigenvalue weighted by Gasteiger charge is -1.99. The van der Waals surface area contributed by atoms with E-state index < -0.39 is 0 Å². The molecule has 0 atom stereocenters. The summed E-state index contributed by atoms with van der Waals surface area (Å²) >= 11 is 3.20. The van der Waals surface area contributed by atoms with E-state index in [1.165, 1.54) is 0 Å². The van der Waals surface area contributed by atoms with Crippen molar-refractivity contribution in [2.45, 2.75) is 0 Å². The molecule has 4 nitrogen and oxygen atoms in total. The van der Waals surface area contributed by atoms with Crippen molar-refractivity contribution in [2.75, 3.05) is 6.54 Å². The Hall–Kier alpha value is -1.45. The zero-order valence-electron chi connectivity index (χ0n) is 7.26. The Morgan fingerprint density at radius 3 is 3.07 bits per heavy atom. The summed E-state index contributed by atoms with van der Waals surface area (Å²) in [6.45, 7) is 0.280. The van der Waals surface area contributed by atoms with Crippen LogP contribution in [0, 0.1) is 0 Å². The fourth-order valence-corrected chi connectivity index (χ4v) is 1.31. The molecule has 0 heterocycles. The molecule has 72 valence electrons. The minimum Gasteiger partial charge on any atom is -0.506 e. The number of hydrogen-bond acceptors (Lipinski definition) is 2. The molecule has 0 radical (unpaired) electrons. The van der Waals surface area contributed by atoms with Gasteiger partial charge in [-0.2, -0.15) is 0 Å². The maximum absolute atomic E-state index is 9.55. The second kappa shape index (κ2) is 5.32. The van der Waals surface area contributed by atoms with E-state index in [0.717, 1.165) is 0 Å². The van der Waals surface area contributed by atoms with E-state index in [4.69, 9.17) is 5.53 Å². The van der Waals surface area contributed by atoms with Crippen LogP contribution in [-0.4, -0.2) is 11.7 Å². The average molecular weight is 254 g/mol. The van der Waals surface area contributed by atoms with Gasteiger partial charge in [0.25, 0.3) is 0 Å². The van der Waals surface area contributed by atoms with Gasteiger partial charge in [0.15, 0.2) is 0 Å². The molecular weight excluding hydrogens is 246 g/mol. The van der Waals surface area contributed by atoms with Crippen molar-refractivity contribution >= 4 is 22.0 Å². The largest absolute Gasteiger partial charge is 0.506 e. The summed E-state index contributed by atoms with van der Waals surface area (Å²) in [6, 6.07) is 5.34. The van der Waals surface area contributed by atoms with E-state index in [0.29, 0.717) is 10.0 Å². The molecule has 1 N–H and O–H groups in total. The van der Waals surface area contributed by atoms with Gasteiger partial charge >= 0.3 is 0 Å². The molecule has 0 aromatic heterocycles. The standard InChI is InChI=1S/C9H8BrN3O/c10-8-5-1-3-7(9(8)14)4-2-6-12-13-11/h1-5,14H,6H2. The Labute approximate surface area is 89.6 Å². The molecule has 0 aliphatic carbocycles. The first-order valence-electron chi connectivity index (χ1n) is 3.90. The lowest BCUT2D eigenvalue weighted by atomic mass is 10.2. The van der Waals surface area contributed by atoms with Crippen LogP contribution in [0.3, 0.4) is 0 Å². The summed E-state index contributed by atoms with van der Waals surface area (Å²) in [5, 5.41) is 12.9. The highest BCUT2D eigenvalue weighted by Gasteiger charge is 1.99. The Kier molecular flexibility index (Phi) is 4.04. The highest BCUT2D eigenvalue weighted by atomic mass is 79.9. The van der Waals surface area contributed by atoms with E-state index >= 15 is 0 Å². The predicted molar refractivity (Wildman–Crippen MR) is 58.9 cm³/mol. The van der Waals surface area contributed by atoms with Crippen LogP contribution in [0.5, 0.6) is 5.75 Å². The summed E-state index contributed by atoms with van der Waals surface area (Å²) in [5.41, 5.74) is 8.72. The molecule has 1 rings (SSSR count). The van der Waals surface area contributed by atoms with Crippen LogP contribution in [0.25, 0.3) is 16.5 Å². The maximum Gasteiger partial charge on any atom is 0.136 e. The molecule has 0 saturated carbocycles. The van der Waals surface area contributed by atoms with E-state index in [9.17, 15) is 5.11 Å². The number of rotatable bonds is 3. The number of para-hydroxylation sites is 1. The number of azide groups is 1. The highest BCUT2D eigenvalue weighted by Crippen LogP contribution is 2.28. The first-order valence-corrected chi connectivity index (χ1v) is 4.70. The molecular formula is C9H8BrN3O. The number of hydrogen-bond donors (Lipinski definition) is 1. The van der Waals surface area contributed by atoms with Crippen LogP contribution in [-0.2, 0) is 0 Å². The second-order valence-electron chi connectivity index (χ2n) is 2.49. The van der Waals surface area contributed by atoms with Crippen LogP contribution in [0.4, 0.5) is 0 Å². The SMILES string of the molecule is [N-]=[N+]=NCC=Cc1cccc(Br)c1O. The Morgan fingerprint density at radius 2 is 2.36 bits per heavy atom. The van der Waals surface area contributed by atoms with Gasteiger partial charge in [0, 0.05) is 17.0 Å². The number of phenols is 1. The zero-order valence-corrected chi connectivity index (χ0v) is 8.85. The van der Waals surface area contributed by atoms with Gasteiger partial charge in [-0.3, -0.25) is 0 Å². The minimum absolute atomic E-state index is 0.185. The average Bonchev–Trinajstić information content (AvgIpc) is 2.19. The Morgan fingerprint density at radius 1 is 1.57 bits per heavy atom. The lowest BCUT2D eigenvalue weighted by Crippen LogP contribution is -1.76. The number of nitrogens with zero attached hydrogens (tertiary/aromatic N) is 3. The molecule has 0 saturated heterocycles. The molecule has 1 aromatic rings. The van der Waals surface area contributed by atoms with Crippen molar-refractivity contribution in [3.8, 4) is 5.75 Å². The molecule has 0 aliphatic rings. The number of benzene rings is 1.